The van der Waals surface area contributed by atoms with E-state index in [4.69, 9.17) is 4.52 Å². The minimum Gasteiger partial charge on any atom is -0.360 e. The largest absolute Gasteiger partial charge is 0.360 e. The first-order valence-electron chi connectivity index (χ1n) is 7.04. The van der Waals surface area contributed by atoms with Crippen molar-refractivity contribution in [1.29, 1.82) is 0 Å². The Hall–Kier alpha value is -2.22. The molecule has 0 spiro atoms. The van der Waals surface area contributed by atoms with Gasteiger partial charge in [0.15, 0.2) is 5.82 Å². The number of aromatic nitrogens is 4. The van der Waals surface area contributed by atoms with Crippen molar-refractivity contribution in [1.82, 2.24) is 25.2 Å². The van der Waals surface area contributed by atoms with Gasteiger partial charge in [-0.3, -0.25) is 4.79 Å². The molecule has 21 heavy (non-hydrogen) atoms. The first-order chi connectivity index (χ1) is 10.2. The zero-order valence-electron chi connectivity index (χ0n) is 11.9. The van der Waals surface area contributed by atoms with E-state index in [1.807, 2.05) is 4.68 Å². The average Bonchev–Trinajstić information content (AvgIpc) is 3.07. The number of fused-ring (bicyclic) bond motifs is 1. The minimum absolute atomic E-state index is 0.0759. The maximum Gasteiger partial charge on any atom is 0.226 e. The third kappa shape index (κ3) is 3.46. The van der Waals surface area contributed by atoms with Crippen molar-refractivity contribution in [2.24, 2.45) is 0 Å². The first kappa shape index (κ1) is 13.7. The molecule has 0 fully saturated rings. The van der Waals surface area contributed by atoms with Gasteiger partial charge < -0.3 is 15.2 Å². The third-order valence-corrected chi connectivity index (χ3v) is 3.49. The summed E-state index contributed by atoms with van der Waals surface area (Å²) in [5, 5.41) is 14.0. The molecule has 3 rings (SSSR count). The predicted octanol–water partition coefficient (Wildman–Crippen LogP) is 0.508. The van der Waals surface area contributed by atoms with Crippen molar-refractivity contribution >= 4 is 11.7 Å². The zero-order chi connectivity index (χ0) is 14.7. The van der Waals surface area contributed by atoms with Crippen LogP contribution < -0.4 is 10.6 Å². The number of hydrogen-bond acceptors (Lipinski definition) is 6. The fourth-order valence-corrected chi connectivity index (χ4v) is 2.42. The van der Waals surface area contributed by atoms with E-state index in [0.29, 0.717) is 30.6 Å². The Morgan fingerprint density at radius 1 is 1.57 bits per heavy atom. The SMILES string of the molecule is Cc1cc(NC(=O)CCNC2CCc3ncnn3C2)no1. The summed E-state index contributed by atoms with van der Waals surface area (Å²) < 4.78 is 6.81. The second kappa shape index (κ2) is 6.04. The smallest absolute Gasteiger partial charge is 0.226 e. The van der Waals surface area contributed by atoms with Gasteiger partial charge in [0.1, 0.15) is 17.9 Å². The summed E-state index contributed by atoms with van der Waals surface area (Å²) in [6, 6.07) is 2.03. The molecule has 2 aromatic heterocycles. The molecule has 0 aliphatic carbocycles. The number of amides is 1. The van der Waals surface area contributed by atoms with Crippen LogP contribution in [-0.2, 0) is 17.8 Å². The molecular formula is C13H18N6O2. The maximum absolute atomic E-state index is 11.8. The third-order valence-electron chi connectivity index (χ3n) is 3.49. The van der Waals surface area contributed by atoms with Crippen molar-refractivity contribution in [2.45, 2.75) is 38.8 Å². The Morgan fingerprint density at radius 2 is 2.48 bits per heavy atom. The van der Waals surface area contributed by atoms with Gasteiger partial charge in [-0.1, -0.05) is 5.16 Å². The highest BCUT2D eigenvalue weighted by Crippen LogP contribution is 2.11. The van der Waals surface area contributed by atoms with Crippen molar-refractivity contribution in [3.05, 3.63) is 24.0 Å². The molecular weight excluding hydrogens is 272 g/mol. The van der Waals surface area contributed by atoms with Gasteiger partial charge >= 0.3 is 0 Å². The molecule has 1 aliphatic heterocycles. The van der Waals surface area contributed by atoms with E-state index in [1.165, 1.54) is 0 Å². The lowest BCUT2D eigenvalue weighted by Gasteiger charge is -2.23. The summed E-state index contributed by atoms with van der Waals surface area (Å²) in [5.41, 5.74) is 0. The van der Waals surface area contributed by atoms with Crippen LogP contribution in [0.3, 0.4) is 0 Å². The Bertz CT molecular complexity index is 620. The molecule has 0 bridgehead atoms. The Labute approximate surface area is 121 Å². The maximum atomic E-state index is 11.8. The van der Waals surface area contributed by atoms with Gasteiger partial charge in [0.25, 0.3) is 0 Å². The number of rotatable bonds is 5. The molecule has 0 radical (unpaired) electrons. The lowest BCUT2D eigenvalue weighted by molar-refractivity contribution is -0.116. The molecule has 0 saturated carbocycles. The lowest BCUT2D eigenvalue weighted by atomic mass is 10.1. The van der Waals surface area contributed by atoms with Gasteiger partial charge in [-0.25, -0.2) is 9.67 Å². The number of aryl methyl sites for hydroxylation is 2. The van der Waals surface area contributed by atoms with E-state index in [0.717, 1.165) is 25.2 Å². The summed E-state index contributed by atoms with van der Waals surface area (Å²) in [6.45, 7) is 3.21. The van der Waals surface area contributed by atoms with E-state index in [-0.39, 0.29) is 5.91 Å². The van der Waals surface area contributed by atoms with Gasteiger partial charge in [-0.2, -0.15) is 5.10 Å². The number of nitrogens with one attached hydrogen (secondary N) is 2. The molecule has 8 nitrogen and oxygen atoms in total. The van der Waals surface area contributed by atoms with E-state index in [2.05, 4.69) is 25.9 Å². The van der Waals surface area contributed by atoms with Gasteiger partial charge in [-0.15, -0.1) is 0 Å². The molecule has 112 valence electrons. The standard InChI is InChI=1S/C13H18N6O2/c1-9-6-11(18-21-9)17-13(20)4-5-14-10-2-3-12-15-8-16-19(12)7-10/h6,8,10,14H,2-5,7H2,1H3,(H,17,18,20). The van der Waals surface area contributed by atoms with E-state index < -0.39 is 0 Å². The van der Waals surface area contributed by atoms with E-state index in [9.17, 15) is 4.79 Å². The number of anilines is 1. The van der Waals surface area contributed by atoms with Gasteiger partial charge in [0, 0.05) is 31.5 Å². The lowest BCUT2D eigenvalue weighted by Crippen LogP contribution is -2.39. The molecule has 1 aliphatic rings. The Morgan fingerprint density at radius 3 is 3.29 bits per heavy atom. The minimum atomic E-state index is -0.0759. The molecule has 1 unspecified atom stereocenters. The summed E-state index contributed by atoms with van der Waals surface area (Å²) in [7, 11) is 0. The second-order valence-electron chi connectivity index (χ2n) is 5.17. The first-order valence-corrected chi connectivity index (χ1v) is 7.04. The van der Waals surface area contributed by atoms with Gasteiger partial charge in [-0.05, 0) is 13.3 Å². The van der Waals surface area contributed by atoms with Crippen molar-refractivity contribution in [3.63, 3.8) is 0 Å². The van der Waals surface area contributed by atoms with Gasteiger partial charge in [0.05, 0.1) is 6.54 Å². The molecule has 1 amide bonds. The fraction of sp³-hybridized carbons (Fsp3) is 0.538. The number of carbonyl (C=O) groups is 1. The van der Waals surface area contributed by atoms with E-state index >= 15 is 0 Å². The summed E-state index contributed by atoms with van der Waals surface area (Å²) in [4.78, 5) is 16.0. The van der Waals surface area contributed by atoms with Crippen molar-refractivity contribution in [2.75, 3.05) is 11.9 Å². The number of hydrogen-bond donors (Lipinski definition) is 2. The molecule has 0 aromatic carbocycles. The van der Waals surface area contributed by atoms with Crippen LogP contribution >= 0.6 is 0 Å². The number of nitrogens with zero attached hydrogens (tertiary/aromatic N) is 4. The van der Waals surface area contributed by atoms with Crippen LogP contribution in [0, 0.1) is 6.92 Å². The van der Waals surface area contributed by atoms with Crippen LogP contribution in [0.5, 0.6) is 0 Å². The molecule has 0 saturated heterocycles. The predicted molar refractivity (Wildman–Crippen MR) is 74.6 cm³/mol. The topological polar surface area (TPSA) is 97.9 Å². The van der Waals surface area contributed by atoms with Crippen molar-refractivity contribution < 1.29 is 9.32 Å². The van der Waals surface area contributed by atoms with Gasteiger partial charge in [0.2, 0.25) is 5.91 Å². The normalized spacial score (nSPS) is 17.5. The van der Waals surface area contributed by atoms with Crippen LogP contribution in [0.4, 0.5) is 5.82 Å². The molecule has 1 atom stereocenters. The quantitative estimate of drug-likeness (QED) is 0.832. The van der Waals surface area contributed by atoms with Crippen LogP contribution in [0.2, 0.25) is 0 Å². The highest BCUT2D eigenvalue weighted by molar-refractivity contribution is 5.89. The van der Waals surface area contributed by atoms with Crippen LogP contribution in [0.15, 0.2) is 16.9 Å². The molecule has 8 heteroatoms. The highest BCUT2D eigenvalue weighted by atomic mass is 16.5. The highest BCUT2D eigenvalue weighted by Gasteiger charge is 2.19. The van der Waals surface area contributed by atoms with Crippen LogP contribution in [0.25, 0.3) is 0 Å². The Kier molecular flexibility index (Phi) is 3.96. The fourth-order valence-electron chi connectivity index (χ4n) is 2.42. The summed E-state index contributed by atoms with van der Waals surface area (Å²) in [5.74, 6) is 2.09. The van der Waals surface area contributed by atoms with Crippen LogP contribution in [0.1, 0.15) is 24.4 Å². The van der Waals surface area contributed by atoms with Crippen molar-refractivity contribution in [3.8, 4) is 0 Å². The van der Waals surface area contributed by atoms with Crippen LogP contribution in [-0.4, -0.2) is 38.4 Å². The molecule has 3 heterocycles. The summed E-state index contributed by atoms with van der Waals surface area (Å²) >= 11 is 0. The van der Waals surface area contributed by atoms with E-state index in [1.54, 1.807) is 19.3 Å². The Balaban J connectivity index is 1.39. The monoisotopic (exact) mass is 290 g/mol. The molecule has 2 N–H and O–H groups in total. The zero-order valence-corrected chi connectivity index (χ0v) is 11.9. The second-order valence-corrected chi connectivity index (χ2v) is 5.17. The average molecular weight is 290 g/mol. The number of carbonyl (C=O) groups excluding carboxylic acids is 1. The summed E-state index contributed by atoms with van der Waals surface area (Å²) in [6.07, 6.45) is 3.92. The molecule has 2 aromatic rings.